The normalized spacial score (nSPS) is 18.7. The topological polar surface area (TPSA) is 49.1 Å². The molecule has 0 aromatic rings. The van der Waals surface area contributed by atoms with Gasteiger partial charge in [0, 0.05) is 17.4 Å². The van der Waals surface area contributed by atoms with Crippen molar-refractivity contribution < 1.29 is 17.7 Å². The molecule has 0 rings (SSSR count). The quantitative estimate of drug-likeness (QED) is 0.520. The highest BCUT2D eigenvalue weighted by Crippen LogP contribution is 2.16. The van der Waals surface area contributed by atoms with Crippen molar-refractivity contribution >= 4 is 11.4 Å². The number of halogens is 3. The molecular weight excluding hydrogens is 179 g/mol. The first-order valence-electron chi connectivity index (χ1n) is 2.74. The Bertz CT molecular complexity index is 145. The van der Waals surface area contributed by atoms with Crippen LogP contribution < -0.4 is 5.14 Å². The summed E-state index contributed by atoms with van der Waals surface area (Å²) in [5, 5.41) is 4.05. The van der Waals surface area contributed by atoms with Crippen molar-refractivity contribution in [1.82, 2.24) is 0 Å². The molecule has 2 unspecified atom stereocenters. The van der Waals surface area contributed by atoms with E-state index in [1.165, 1.54) is 6.92 Å². The smallest absolute Gasteiger partial charge is 0.409 e. The average molecular weight is 187 g/mol. The molecule has 66 valence electrons. The van der Waals surface area contributed by atoms with Crippen LogP contribution in [0.4, 0.5) is 13.2 Å². The fourth-order valence-electron chi connectivity index (χ4n) is 0.322. The van der Waals surface area contributed by atoms with E-state index in [-0.39, 0.29) is 6.08 Å². The maximum Gasteiger partial charge on any atom is 0.409 e. The van der Waals surface area contributed by atoms with Crippen molar-refractivity contribution in [1.29, 1.82) is 0 Å². The van der Waals surface area contributed by atoms with Crippen LogP contribution in [-0.2, 0) is 11.4 Å². The van der Waals surface area contributed by atoms with E-state index in [0.29, 0.717) is 0 Å². The summed E-state index contributed by atoms with van der Waals surface area (Å²) >= 11 is -1.73. The summed E-state index contributed by atoms with van der Waals surface area (Å²) in [6, 6.07) is 0. The molecule has 0 aromatic carbocycles. The van der Waals surface area contributed by atoms with Gasteiger partial charge in [0.15, 0.2) is 5.25 Å². The molecule has 2 atom stereocenters. The van der Waals surface area contributed by atoms with Crippen LogP contribution in [0.15, 0.2) is 12.2 Å². The number of allylic oxidation sites excluding steroid dienone is 1. The third-order valence-electron chi connectivity index (χ3n) is 0.923. The highest BCUT2D eigenvalue weighted by Gasteiger charge is 2.23. The monoisotopic (exact) mass is 187 g/mol. The molecule has 0 aliphatic rings. The van der Waals surface area contributed by atoms with Crippen LogP contribution in [0.3, 0.4) is 0 Å². The summed E-state index contributed by atoms with van der Waals surface area (Å²) in [5.41, 5.74) is 0. The molecule has 11 heavy (non-hydrogen) atoms. The minimum atomic E-state index is -4.35. The predicted molar refractivity (Wildman–Crippen MR) is 37.0 cm³/mol. The van der Waals surface area contributed by atoms with Crippen LogP contribution >= 0.6 is 0 Å². The molecule has 6 heteroatoms. The first-order valence-corrected chi connectivity index (χ1v) is 4.01. The van der Waals surface area contributed by atoms with Gasteiger partial charge >= 0.3 is 6.18 Å². The van der Waals surface area contributed by atoms with Crippen LogP contribution in [0.5, 0.6) is 0 Å². The summed E-state index contributed by atoms with van der Waals surface area (Å²) in [6.07, 6.45) is -3.55. The highest BCUT2D eigenvalue weighted by atomic mass is 32.2. The van der Waals surface area contributed by atoms with Gasteiger partial charge in [0.05, 0.1) is 0 Å². The number of alkyl halides is 3. The lowest BCUT2D eigenvalue weighted by Crippen LogP contribution is -2.24. The van der Waals surface area contributed by atoms with Gasteiger partial charge in [-0.15, -0.1) is 0 Å². The number of nitrogens with two attached hydrogens (primary N) is 1. The second-order valence-corrected chi connectivity index (χ2v) is 3.34. The van der Waals surface area contributed by atoms with E-state index < -0.39 is 22.8 Å². The maximum atomic E-state index is 11.5. The van der Waals surface area contributed by atoms with Gasteiger partial charge in [-0.3, -0.25) is 0 Å². The van der Waals surface area contributed by atoms with Crippen molar-refractivity contribution in [2.45, 2.75) is 18.3 Å². The molecule has 0 saturated heterocycles. The van der Waals surface area contributed by atoms with Gasteiger partial charge in [0.1, 0.15) is 0 Å². The first-order chi connectivity index (χ1) is 4.83. The van der Waals surface area contributed by atoms with Crippen molar-refractivity contribution in [3.05, 3.63) is 12.2 Å². The predicted octanol–water partition coefficient (Wildman–Crippen LogP) is 1.12. The molecule has 0 aliphatic carbocycles. The van der Waals surface area contributed by atoms with Gasteiger partial charge in [-0.2, -0.15) is 18.3 Å². The largest absolute Gasteiger partial charge is 0.598 e. The van der Waals surface area contributed by atoms with Crippen LogP contribution in [0.1, 0.15) is 6.92 Å². The third kappa shape index (κ3) is 6.21. The Hall–Kier alpha value is -0.200. The minimum Gasteiger partial charge on any atom is -0.598 e. The van der Waals surface area contributed by atoms with Crippen molar-refractivity contribution in [2.24, 2.45) is 5.14 Å². The molecule has 0 aliphatic heterocycles. The molecule has 0 fully saturated rings. The maximum absolute atomic E-state index is 11.5. The van der Waals surface area contributed by atoms with E-state index in [4.69, 9.17) is 5.14 Å². The third-order valence-corrected chi connectivity index (χ3v) is 1.81. The molecule has 2 nitrogen and oxygen atoms in total. The van der Waals surface area contributed by atoms with Crippen LogP contribution in [0.25, 0.3) is 0 Å². The molecule has 0 radical (unpaired) electrons. The Kier molecular flexibility index (Phi) is 3.91. The molecule has 0 amide bonds. The van der Waals surface area contributed by atoms with Gasteiger partial charge in [-0.1, -0.05) is 0 Å². The number of rotatable bonds is 2. The van der Waals surface area contributed by atoms with E-state index in [1.807, 2.05) is 0 Å². The summed E-state index contributed by atoms with van der Waals surface area (Å²) in [6.45, 7) is 1.35. The lowest BCUT2D eigenvalue weighted by molar-refractivity contribution is -0.0800. The Balaban J connectivity index is 3.93. The second kappa shape index (κ2) is 3.99. The molecular formula is C5H8F3NOS. The summed E-state index contributed by atoms with van der Waals surface area (Å²) in [7, 11) is 0. The van der Waals surface area contributed by atoms with Gasteiger partial charge in [-0.05, 0) is 13.0 Å². The van der Waals surface area contributed by atoms with Crippen molar-refractivity contribution in [3.63, 3.8) is 0 Å². The molecule has 0 saturated carbocycles. The Morgan fingerprint density at radius 1 is 1.55 bits per heavy atom. The fraction of sp³-hybridized carbons (Fsp3) is 0.600. The molecule has 0 bridgehead atoms. The zero-order chi connectivity index (χ0) is 9.07. The van der Waals surface area contributed by atoms with E-state index in [2.05, 4.69) is 0 Å². The minimum absolute atomic E-state index is 0.0302. The van der Waals surface area contributed by atoms with Crippen molar-refractivity contribution in [3.8, 4) is 0 Å². The summed E-state index contributed by atoms with van der Waals surface area (Å²) in [4.78, 5) is 0. The number of hydrogen-bond acceptors (Lipinski definition) is 2. The van der Waals surface area contributed by atoms with E-state index >= 15 is 0 Å². The molecule has 0 heterocycles. The molecule has 0 aromatic heterocycles. The van der Waals surface area contributed by atoms with Crippen LogP contribution in [0, 0.1) is 0 Å². The fourth-order valence-corrected chi connectivity index (χ4v) is 0.555. The molecule has 0 spiro atoms. The van der Waals surface area contributed by atoms with Crippen LogP contribution in [0.2, 0.25) is 0 Å². The Morgan fingerprint density at radius 2 is 2.00 bits per heavy atom. The van der Waals surface area contributed by atoms with Gasteiger partial charge in [0.2, 0.25) is 0 Å². The second-order valence-electron chi connectivity index (χ2n) is 1.93. The highest BCUT2D eigenvalue weighted by molar-refractivity contribution is 7.89. The molecule has 2 N–H and O–H groups in total. The summed E-state index contributed by atoms with van der Waals surface area (Å²) < 4.78 is 44.7. The SMILES string of the molecule is CC(C=CC(F)(F)F)[S+](N)[O-]. The lowest BCUT2D eigenvalue weighted by Gasteiger charge is -2.07. The zero-order valence-electron chi connectivity index (χ0n) is 5.76. The first kappa shape index (κ1) is 10.8. The van der Waals surface area contributed by atoms with Gasteiger partial charge < -0.3 is 4.55 Å². The van der Waals surface area contributed by atoms with Gasteiger partial charge in [0.25, 0.3) is 0 Å². The Labute approximate surface area is 65.6 Å². The average Bonchev–Trinajstić information content (AvgIpc) is 1.80. The van der Waals surface area contributed by atoms with E-state index in [0.717, 1.165) is 6.08 Å². The number of hydrogen-bond donors (Lipinski definition) is 1. The van der Waals surface area contributed by atoms with E-state index in [1.54, 1.807) is 0 Å². The summed E-state index contributed by atoms with van der Waals surface area (Å²) in [5.74, 6) is 0. The van der Waals surface area contributed by atoms with Crippen molar-refractivity contribution in [2.75, 3.05) is 0 Å². The van der Waals surface area contributed by atoms with E-state index in [9.17, 15) is 17.7 Å². The lowest BCUT2D eigenvalue weighted by atomic mass is 10.4. The zero-order valence-corrected chi connectivity index (χ0v) is 6.58. The van der Waals surface area contributed by atoms with Gasteiger partial charge in [-0.25, -0.2) is 0 Å². The standard InChI is InChI=1S/C5H8F3NOS/c1-4(11(9)10)2-3-5(6,7)8/h2-4H,9H2,1H3. The Morgan fingerprint density at radius 3 is 2.27 bits per heavy atom. The van der Waals surface area contributed by atoms with Crippen LogP contribution in [-0.4, -0.2) is 16.0 Å².